The van der Waals surface area contributed by atoms with Gasteiger partial charge < -0.3 is 15.4 Å². The Kier molecular flexibility index (Phi) is 4.79. The third-order valence-electron chi connectivity index (χ3n) is 4.08. The third kappa shape index (κ3) is 3.65. The van der Waals surface area contributed by atoms with E-state index in [2.05, 4.69) is 23.8 Å². The van der Waals surface area contributed by atoms with E-state index in [1.807, 2.05) is 0 Å². The number of rotatable bonds is 3. The van der Waals surface area contributed by atoms with Crippen LogP contribution in [0.4, 0.5) is 0 Å². The summed E-state index contributed by atoms with van der Waals surface area (Å²) in [6, 6.07) is 0.642. The number of nitrogens with two attached hydrogens (primary N) is 1. The third-order valence-corrected chi connectivity index (χ3v) is 4.08. The summed E-state index contributed by atoms with van der Waals surface area (Å²) >= 11 is 0. The quantitative estimate of drug-likeness (QED) is 0.782. The zero-order chi connectivity index (χ0) is 12.3. The summed E-state index contributed by atoms with van der Waals surface area (Å²) in [5.41, 5.74) is 5.65. The molecule has 2 rings (SSSR count). The molecule has 4 nitrogen and oxygen atoms in total. The number of ether oxygens (including phenoxy) is 1. The van der Waals surface area contributed by atoms with E-state index in [-0.39, 0.29) is 0 Å². The molecule has 0 aromatic carbocycles. The number of hydrogen-bond donors (Lipinski definition) is 1. The van der Waals surface area contributed by atoms with Gasteiger partial charge in [-0.05, 0) is 46.3 Å². The Balaban J connectivity index is 1.81. The highest BCUT2D eigenvalue weighted by Gasteiger charge is 2.28. The van der Waals surface area contributed by atoms with Crippen LogP contribution in [0.15, 0.2) is 0 Å². The van der Waals surface area contributed by atoms with Crippen molar-refractivity contribution in [2.75, 3.05) is 39.8 Å². The second kappa shape index (κ2) is 6.14. The van der Waals surface area contributed by atoms with Crippen LogP contribution in [-0.4, -0.2) is 67.8 Å². The maximum Gasteiger partial charge on any atom is 0.0707 e. The van der Waals surface area contributed by atoms with Crippen molar-refractivity contribution in [3.8, 4) is 0 Å². The predicted molar refractivity (Wildman–Crippen MR) is 70.1 cm³/mol. The van der Waals surface area contributed by atoms with Gasteiger partial charge in [0, 0.05) is 25.7 Å². The minimum absolute atomic E-state index is 0.310. The van der Waals surface area contributed by atoms with E-state index in [1.54, 1.807) is 0 Å². The van der Waals surface area contributed by atoms with E-state index in [9.17, 15) is 0 Å². The van der Waals surface area contributed by atoms with Gasteiger partial charge in [0.15, 0.2) is 0 Å². The van der Waals surface area contributed by atoms with Crippen LogP contribution >= 0.6 is 0 Å². The average molecular weight is 241 g/mol. The van der Waals surface area contributed by atoms with Crippen LogP contribution in [-0.2, 0) is 4.74 Å². The molecule has 4 heteroatoms. The van der Waals surface area contributed by atoms with Crippen LogP contribution in [0, 0.1) is 0 Å². The molecule has 0 bridgehead atoms. The summed E-state index contributed by atoms with van der Waals surface area (Å²) in [7, 11) is 2.22. The molecule has 0 radical (unpaired) electrons. The Labute approximate surface area is 105 Å². The van der Waals surface area contributed by atoms with Gasteiger partial charge in [-0.15, -0.1) is 0 Å². The molecule has 2 heterocycles. The van der Waals surface area contributed by atoms with Crippen molar-refractivity contribution in [2.24, 2.45) is 5.73 Å². The van der Waals surface area contributed by atoms with Crippen molar-refractivity contribution in [2.45, 2.75) is 44.4 Å². The molecule has 3 atom stereocenters. The highest BCUT2D eigenvalue weighted by atomic mass is 16.5. The lowest BCUT2D eigenvalue weighted by Gasteiger charge is -2.30. The molecule has 17 heavy (non-hydrogen) atoms. The molecule has 3 unspecified atom stereocenters. The molecule has 2 aliphatic rings. The summed E-state index contributed by atoms with van der Waals surface area (Å²) < 4.78 is 5.95. The fourth-order valence-electron chi connectivity index (χ4n) is 3.04. The first-order valence-corrected chi connectivity index (χ1v) is 6.97. The van der Waals surface area contributed by atoms with Crippen molar-refractivity contribution >= 4 is 0 Å². The molecular formula is C13H27N3O. The fraction of sp³-hybridized carbons (Fsp3) is 1.00. The van der Waals surface area contributed by atoms with Gasteiger partial charge in [-0.3, -0.25) is 4.90 Å². The molecular weight excluding hydrogens is 214 g/mol. The molecule has 100 valence electrons. The second-order valence-corrected chi connectivity index (χ2v) is 5.65. The fourth-order valence-corrected chi connectivity index (χ4v) is 3.04. The lowest BCUT2D eigenvalue weighted by molar-refractivity contribution is 0.0198. The Morgan fingerprint density at radius 1 is 1.24 bits per heavy atom. The van der Waals surface area contributed by atoms with E-state index in [0.717, 1.165) is 13.0 Å². The highest BCUT2D eigenvalue weighted by molar-refractivity contribution is 4.81. The van der Waals surface area contributed by atoms with Crippen LogP contribution in [0.25, 0.3) is 0 Å². The highest BCUT2D eigenvalue weighted by Crippen LogP contribution is 2.21. The van der Waals surface area contributed by atoms with Gasteiger partial charge in [-0.25, -0.2) is 0 Å². The van der Waals surface area contributed by atoms with E-state index in [4.69, 9.17) is 10.5 Å². The van der Waals surface area contributed by atoms with Crippen LogP contribution in [0.1, 0.15) is 26.2 Å². The van der Waals surface area contributed by atoms with Crippen LogP contribution < -0.4 is 5.73 Å². The summed E-state index contributed by atoms with van der Waals surface area (Å²) in [6.07, 6.45) is 4.32. The van der Waals surface area contributed by atoms with E-state index >= 15 is 0 Å². The summed E-state index contributed by atoms with van der Waals surface area (Å²) in [5, 5.41) is 0. The topological polar surface area (TPSA) is 41.7 Å². The van der Waals surface area contributed by atoms with E-state index < -0.39 is 0 Å². The SMILES string of the molecule is CC1CN(C)CCCN1CC1CCC(CN)O1. The van der Waals surface area contributed by atoms with Crippen LogP contribution in [0.3, 0.4) is 0 Å². The predicted octanol–water partition coefficient (Wildman–Crippen LogP) is 0.519. The lowest BCUT2D eigenvalue weighted by Crippen LogP contribution is -2.42. The smallest absolute Gasteiger partial charge is 0.0707 e. The van der Waals surface area contributed by atoms with Crippen LogP contribution in [0.2, 0.25) is 0 Å². The van der Waals surface area contributed by atoms with Crippen molar-refractivity contribution < 1.29 is 4.74 Å². The molecule has 2 fully saturated rings. The Hall–Kier alpha value is -0.160. The number of hydrogen-bond acceptors (Lipinski definition) is 4. The van der Waals surface area contributed by atoms with E-state index in [1.165, 1.54) is 32.5 Å². The normalized spacial score (nSPS) is 37.2. The summed E-state index contributed by atoms with van der Waals surface area (Å²) in [6.45, 7) is 7.70. The van der Waals surface area contributed by atoms with Crippen molar-refractivity contribution in [1.29, 1.82) is 0 Å². The largest absolute Gasteiger partial charge is 0.372 e. The van der Waals surface area contributed by atoms with Crippen molar-refractivity contribution in [1.82, 2.24) is 9.80 Å². The first-order valence-electron chi connectivity index (χ1n) is 6.97. The molecule has 2 aliphatic heterocycles. The maximum absolute atomic E-state index is 5.95. The van der Waals surface area contributed by atoms with Gasteiger partial charge >= 0.3 is 0 Å². The molecule has 0 aromatic heterocycles. The molecule has 2 N–H and O–H groups in total. The first kappa shape index (κ1) is 13.3. The average Bonchev–Trinajstić information content (AvgIpc) is 2.68. The van der Waals surface area contributed by atoms with Crippen molar-refractivity contribution in [3.05, 3.63) is 0 Å². The first-order chi connectivity index (χ1) is 8.19. The standard InChI is InChI=1S/C13H27N3O/c1-11-9-15(2)6-3-7-16(11)10-13-5-4-12(8-14)17-13/h11-13H,3-10,14H2,1-2H3. The maximum atomic E-state index is 5.95. The molecule has 0 aromatic rings. The zero-order valence-corrected chi connectivity index (χ0v) is 11.3. The van der Waals surface area contributed by atoms with E-state index in [0.29, 0.717) is 24.8 Å². The second-order valence-electron chi connectivity index (χ2n) is 5.65. The Morgan fingerprint density at radius 2 is 2.00 bits per heavy atom. The van der Waals surface area contributed by atoms with Gasteiger partial charge in [-0.1, -0.05) is 0 Å². The van der Waals surface area contributed by atoms with Gasteiger partial charge in [-0.2, -0.15) is 0 Å². The van der Waals surface area contributed by atoms with Crippen LogP contribution in [0.5, 0.6) is 0 Å². The zero-order valence-electron chi connectivity index (χ0n) is 11.3. The summed E-state index contributed by atoms with van der Waals surface area (Å²) in [4.78, 5) is 5.02. The Morgan fingerprint density at radius 3 is 2.71 bits per heavy atom. The van der Waals surface area contributed by atoms with Gasteiger partial charge in [0.25, 0.3) is 0 Å². The molecule has 0 saturated carbocycles. The van der Waals surface area contributed by atoms with Gasteiger partial charge in [0.05, 0.1) is 12.2 Å². The minimum atomic E-state index is 0.310. The summed E-state index contributed by atoms with van der Waals surface area (Å²) in [5.74, 6) is 0. The van der Waals surface area contributed by atoms with Gasteiger partial charge in [0.2, 0.25) is 0 Å². The minimum Gasteiger partial charge on any atom is -0.372 e. The van der Waals surface area contributed by atoms with Gasteiger partial charge in [0.1, 0.15) is 0 Å². The molecule has 0 amide bonds. The van der Waals surface area contributed by atoms with Crippen molar-refractivity contribution in [3.63, 3.8) is 0 Å². The Bertz CT molecular complexity index is 237. The molecule has 0 aliphatic carbocycles. The number of likely N-dealkylation sites (N-methyl/N-ethyl adjacent to an activating group) is 1. The number of nitrogens with zero attached hydrogens (tertiary/aromatic N) is 2. The monoisotopic (exact) mass is 241 g/mol. The lowest BCUT2D eigenvalue weighted by atomic mass is 10.1. The molecule has 0 spiro atoms. The molecule has 2 saturated heterocycles.